The van der Waals surface area contributed by atoms with Crippen LogP contribution in [0.1, 0.15) is 43.5 Å². The maximum Gasteiger partial charge on any atom is 0.251 e. The second kappa shape index (κ2) is 8.61. The zero-order chi connectivity index (χ0) is 22.1. The van der Waals surface area contributed by atoms with Crippen LogP contribution in [0.3, 0.4) is 0 Å². The van der Waals surface area contributed by atoms with Gasteiger partial charge in [0, 0.05) is 19.2 Å². The maximum atomic E-state index is 13.3. The molecule has 1 atom stereocenters. The van der Waals surface area contributed by atoms with E-state index in [1.165, 1.54) is 5.57 Å². The molecule has 1 saturated carbocycles. The van der Waals surface area contributed by atoms with Crippen LogP contribution in [0, 0.1) is 0 Å². The van der Waals surface area contributed by atoms with Gasteiger partial charge in [-0.05, 0) is 42.5 Å². The average molecular weight is 429 g/mol. The Balaban J connectivity index is 1.29. The molecule has 1 N–H and O–H groups in total. The summed E-state index contributed by atoms with van der Waals surface area (Å²) in [7, 11) is 1.95. The summed E-state index contributed by atoms with van der Waals surface area (Å²) >= 11 is 0. The lowest BCUT2D eigenvalue weighted by Gasteiger charge is -2.30. The number of aromatic nitrogens is 2. The van der Waals surface area contributed by atoms with E-state index in [1.807, 2.05) is 59.0 Å². The molecule has 2 aliphatic rings. The van der Waals surface area contributed by atoms with Crippen molar-refractivity contribution in [2.45, 2.75) is 51.2 Å². The lowest BCUT2D eigenvalue weighted by Crippen LogP contribution is -2.36. The number of hydrogen-bond donors (Lipinski definition) is 1. The average Bonchev–Trinajstić information content (AvgIpc) is 3.28. The first-order valence-electron chi connectivity index (χ1n) is 11.4. The first-order valence-corrected chi connectivity index (χ1v) is 11.4. The van der Waals surface area contributed by atoms with E-state index in [1.54, 1.807) is 0 Å². The highest BCUT2D eigenvalue weighted by Gasteiger charge is 2.40. The third-order valence-corrected chi connectivity index (χ3v) is 6.72. The molecule has 3 aromatic rings. The van der Waals surface area contributed by atoms with Crippen molar-refractivity contribution in [3.05, 3.63) is 77.1 Å². The molecule has 6 nitrogen and oxygen atoms in total. The van der Waals surface area contributed by atoms with Gasteiger partial charge in [-0.1, -0.05) is 48.9 Å². The number of imidazole rings is 1. The first-order chi connectivity index (χ1) is 15.6. The SMILES string of the molecule is Cn1c(CNC(=O)CC2=C3CCCCC3N(Cc3ccccc3)C2=O)nc2ccccc21. The number of benzene rings is 2. The molecule has 1 aromatic heterocycles. The van der Waals surface area contributed by atoms with Crippen molar-refractivity contribution in [1.82, 2.24) is 19.8 Å². The maximum absolute atomic E-state index is 13.3. The summed E-state index contributed by atoms with van der Waals surface area (Å²) in [6, 6.07) is 18.2. The second-order valence-corrected chi connectivity index (χ2v) is 8.71. The molecular formula is C26H28N4O2. The minimum absolute atomic E-state index is 0.0219. The molecule has 2 amide bonds. The Morgan fingerprint density at radius 2 is 1.88 bits per heavy atom. The number of carbonyl (C=O) groups is 2. The summed E-state index contributed by atoms with van der Waals surface area (Å²) in [6.07, 6.45) is 4.25. The molecule has 1 aliphatic carbocycles. The molecule has 0 radical (unpaired) electrons. The molecule has 164 valence electrons. The van der Waals surface area contributed by atoms with Crippen LogP contribution in [0.25, 0.3) is 11.0 Å². The van der Waals surface area contributed by atoms with Crippen LogP contribution in [0.15, 0.2) is 65.7 Å². The third-order valence-electron chi connectivity index (χ3n) is 6.72. The van der Waals surface area contributed by atoms with Crippen LogP contribution in [-0.2, 0) is 29.7 Å². The van der Waals surface area contributed by atoms with Crippen molar-refractivity contribution >= 4 is 22.8 Å². The highest BCUT2D eigenvalue weighted by molar-refractivity contribution is 6.02. The Kier molecular flexibility index (Phi) is 5.52. The number of aryl methyl sites for hydroxylation is 1. The van der Waals surface area contributed by atoms with Crippen LogP contribution in [0.4, 0.5) is 0 Å². The number of amides is 2. The van der Waals surface area contributed by atoms with E-state index in [-0.39, 0.29) is 24.3 Å². The van der Waals surface area contributed by atoms with Gasteiger partial charge in [0.15, 0.2) is 0 Å². The van der Waals surface area contributed by atoms with E-state index in [0.717, 1.165) is 48.1 Å². The van der Waals surface area contributed by atoms with E-state index < -0.39 is 0 Å². The zero-order valence-electron chi connectivity index (χ0n) is 18.4. The standard InChI is InChI=1S/C26H28N4O2/c1-29-23-14-8-6-12-21(23)28-24(29)16-27-25(31)15-20-19-11-5-7-13-22(19)30(26(20)32)17-18-9-3-2-4-10-18/h2-4,6,8-10,12,14,22H,5,7,11,13,15-17H2,1H3,(H,27,31). The van der Waals surface area contributed by atoms with Crippen molar-refractivity contribution < 1.29 is 9.59 Å². The quantitative estimate of drug-likeness (QED) is 0.648. The van der Waals surface area contributed by atoms with Crippen molar-refractivity contribution in [3.63, 3.8) is 0 Å². The highest BCUT2D eigenvalue weighted by Crippen LogP contribution is 2.38. The van der Waals surface area contributed by atoms with Crippen molar-refractivity contribution in [2.75, 3.05) is 0 Å². The largest absolute Gasteiger partial charge is 0.349 e. The van der Waals surface area contributed by atoms with Crippen LogP contribution >= 0.6 is 0 Å². The Hall–Kier alpha value is -3.41. The summed E-state index contributed by atoms with van der Waals surface area (Å²) in [4.78, 5) is 32.7. The van der Waals surface area contributed by atoms with Gasteiger partial charge in [0.05, 0.1) is 30.0 Å². The molecule has 2 aromatic carbocycles. The fraction of sp³-hybridized carbons (Fsp3) is 0.346. The number of rotatable bonds is 6. The second-order valence-electron chi connectivity index (χ2n) is 8.71. The van der Waals surface area contributed by atoms with Crippen molar-refractivity contribution in [1.29, 1.82) is 0 Å². The summed E-state index contributed by atoms with van der Waals surface area (Å²) in [5, 5.41) is 2.98. The number of nitrogens with zero attached hydrogens (tertiary/aromatic N) is 3. The topological polar surface area (TPSA) is 67.2 Å². The van der Waals surface area contributed by atoms with Gasteiger partial charge in [0.25, 0.3) is 5.91 Å². The Labute approximate surface area is 187 Å². The van der Waals surface area contributed by atoms with Gasteiger partial charge >= 0.3 is 0 Å². The predicted octanol–water partition coefficient (Wildman–Crippen LogP) is 3.86. The summed E-state index contributed by atoms with van der Waals surface area (Å²) in [6.45, 7) is 0.941. The Bertz CT molecular complexity index is 1200. The number of hydrogen-bond acceptors (Lipinski definition) is 3. The fourth-order valence-electron chi connectivity index (χ4n) is 5.05. The van der Waals surface area contributed by atoms with Crippen molar-refractivity contribution in [3.8, 4) is 0 Å². The minimum Gasteiger partial charge on any atom is -0.349 e. The van der Waals surface area contributed by atoms with Gasteiger partial charge in [-0.25, -0.2) is 4.98 Å². The molecule has 0 saturated heterocycles. The normalized spacial score (nSPS) is 18.3. The van der Waals surface area contributed by atoms with E-state index in [9.17, 15) is 9.59 Å². The van der Waals surface area contributed by atoms with E-state index in [0.29, 0.717) is 18.7 Å². The molecular weight excluding hydrogens is 400 g/mol. The summed E-state index contributed by atoms with van der Waals surface area (Å²) in [5.74, 6) is 0.698. The molecule has 5 rings (SSSR count). The Morgan fingerprint density at radius 1 is 1.09 bits per heavy atom. The molecule has 1 fully saturated rings. The molecule has 1 unspecified atom stereocenters. The van der Waals surface area contributed by atoms with E-state index >= 15 is 0 Å². The van der Waals surface area contributed by atoms with Gasteiger partial charge < -0.3 is 14.8 Å². The van der Waals surface area contributed by atoms with Crippen LogP contribution in [0.5, 0.6) is 0 Å². The van der Waals surface area contributed by atoms with Crippen LogP contribution < -0.4 is 5.32 Å². The number of carbonyl (C=O) groups excluding carboxylic acids is 2. The molecule has 6 heteroatoms. The van der Waals surface area contributed by atoms with E-state index in [4.69, 9.17) is 0 Å². The smallest absolute Gasteiger partial charge is 0.251 e. The predicted molar refractivity (Wildman–Crippen MR) is 123 cm³/mol. The molecule has 32 heavy (non-hydrogen) atoms. The Morgan fingerprint density at radius 3 is 2.69 bits per heavy atom. The summed E-state index contributed by atoms with van der Waals surface area (Å²) in [5.41, 5.74) is 4.95. The zero-order valence-corrected chi connectivity index (χ0v) is 18.4. The third kappa shape index (κ3) is 3.81. The first kappa shape index (κ1) is 20.5. The van der Waals surface area contributed by atoms with Crippen LogP contribution in [0.2, 0.25) is 0 Å². The van der Waals surface area contributed by atoms with Gasteiger partial charge in [0.1, 0.15) is 5.82 Å². The number of fused-ring (bicyclic) bond motifs is 2. The van der Waals surface area contributed by atoms with Crippen molar-refractivity contribution in [2.24, 2.45) is 7.05 Å². The van der Waals surface area contributed by atoms with Gasteiger partial charge in [-0.2, -0.15) is 0 Å². The number of para-hydroxylation sites is 2. The van der Waals surface area contributed by atoms with Gasteiger partial charge in [-0.3, -0.25) is 9.59 Å². The van der Waals surface area contributed by atoms with E-state index in [2.05, 4.69) is 22.4 Å². The van der Waals surface area contributed by atoms with Crippen LogP contribution in [-0.4, -0.2) is 32.3 Å². The monoisotopic (exact) mass is 428 g/mol. The molecule has 1 aliphatic heterocycles. The molecule has 2 heterocycles. The lowest BCUT2D eigenvalue weighted by molar-refractivity contribution is -0.129. The summed E-state index contributed by atoms with van der Waals surface area (Å²) < 4.78 is 2.00. The molecule has 0 spiro atoms. The fourth-order valence-corrected chi connectivity index (χ4v) is 5.05. The lowest BCUT2D eigenvalue weighted by atomic mass is 9.88. The van der Waals surface area contributed by atoms with Gasteiger partial charge in [-0.15, -0.1) is 0 Å². The molecule has 0 bridgehead atoms. The highest BCUT2D eigenvalue weighted by atomic mass is 16.2. The van der Waals surface area contributed by atoms with Gasteiger partial charge in [0.2, 0.25) is 5.91 Å². The number of nitrogens with one attached hydrogen (secondary N) is 1. The minimum atomic E-state index is -0.126.